The Balaban J connectivity index is 0.00000160. The molecule has 1 saturated carbocycles. The van der Waals surface area contributed by atoms with E-state index in [0.29, 0.717) is 41.2 Å². The van der Waals surface area contributed by atoms with Crippen molar-refractivity contribution in [2.24, 2.45) is 0 Å². The molecule has 1 fully saturated rings. The first kappa shape index (κ1) is 21.5. The second-order valence-electron chi connectivity index (χ2n) is 8.54. The third-order valence-electron chi connectivity index (χ3n) is 6.34. The Morgan fingerprint density at radius 2 is 1.56 bits per heavy atom. The summed E-state index contributed by atoms with van der Waals surface area (Å²) in [5.74, 6) is -1.29. The zero-order valence-electron chi connectivity index (χ0n) is 18.3. The van der Waals surface area contributed by atoms with E-state index in [0.717, 1.165) is 17.2 Å². The number of anilines is 1. The van der Waals surface area contributed by atoms with Crippen LogP contribution in [0.4, 0.5) is 5.69 Å². The van der Waals surface area contributed by atoms with Gasteiger partial charge in [0.1, 0.15) is 0 Å². The van der Waals surface area contributed by atoms with Gasteiger partial charge in [0.15, 0.2) is 11.5 Å². The first-order chi connectivity index (χ1) is 16.3. The minimum Gasteiger partial charge on any atom is -0.478 e. The summed E-state index contributed by atoms with van der Waals surface area (Å²) in [6, 6.07) is 14.8. The molecule has 1 aliphatic heterocycles. The molecule has 34 heavy (non-hydrogen) atoms. The van der Waals surface area contributed by atoms with E-state index in [1.807, 2.05) is 25.1 Å². The van der Waals surface area contributed by atoms with Gasteiger partial charge in [-0.05, 0) is 84.5 Å². The minimum atomic E-state index is -1.22. The zero-order valence-corrected chi connectivity index (χ0v) is 18.3. The zero-order chi connectivity index (χ0) is 24.0. The third kappa shape index (κ3) is 3.73. The third-order valence-corrected chi connectivity index (χ3v) is 6.34. The van der Waals surface area contributed by atoms with E-state index in [1.165, 1.54) is 12.1 Å². The average Bonchev–Trinajstić information content (AvgIpc) is 3.50. The van der Waals surface area contributed by atoms with Crippen LogP contribution in [0, 0.1) is 6.92 Å². The van der Waals surface area contributed by atoms with Crippen molar-refractivity contribution in [1.82, 2.24) is 0 Å². The minimum absolute atomic E-state index is 0. The number of hydrogen-bond donors (Lipinski definition) is 3. The Hall–Kier alpha value is -4.33. The number of carboxylic acids is 2. The van der Waals surface area contributed by atoms with Gasteiger partial charge in [0.05, 0.1) is 16.5 Å². The number of carbonyl (C=O) groups is 3. The van der Waals surface area contributed by atoms with Crippen LogP contribution in [0.25, 0.3) is 11.1 Å². The quantitative estimate of drug-likeness (QED) is 0.457. The molecule has 0 atom stereocenters. The summed E-state index contributed by atoms with van der Waals surface area (Å²) in [5, 5.41) is 21.8. The lowest BCUT2D eigenvalue weighted by Crippen LogP contribution is -2.27. The fraction of sp³-hybridized carbons (Fsp3) is 0.192. The van der Waals surface area contributed by atoms with E-state index in [-0.39, 0.29) is 28.1 Å². The van der Waals surface area contributed by atoms with Crippen LogP contribution in [0.15, 0.2) is 54.6 Å². The van der Waals surface area contributed by atoms with Gasteiger partial charge in [-0.2, -0.15) is 0 Å². The standard InChI is InChI=1S/C26H21NO7.3H2/c1-14-2-4-19(12-20(14)15-8-16(23(28)29)10-17(9-15)24(30)31)27-25(32)26(6-7-26)18-3-5-21-22(11-18)34-13-33-21;;;/h2-5,8-12H,6-7,13H2,1H3,(H,27,32)(H,28,29)(H,30,31);3*1H. The van der Waals surface area contributed by atoms with Gasteiger partial charge in [-0.1, -0.05) is 12.1 Å². The topological polar surface area (TPSA) is 122 Å². The van der Waals surface area contributed by atoms with E-state index in [1.54, 1.807) is 18.2 Å². The van der Waals surface area contributed by atoms with Crippen molar-refractivity contribution >= 4 is 23.5 Å². The molecule has 8 heteroatoms. The monoisotopic (exact) mass is 465 g/mol. The van der Waals surface area contributed by atoms with Crippen molar-refractivity contribution in [1.29, 1.82) is 0 Å². The van der Waals surface area contributed by atoms with Gasteiger partial charge >= 0.3 is 11.9 Å². The highest BCUT2D eigenvalue weighted by Gasteiger charge is 2.51. The summed E-state index contributed by atoms with van der Waals surface area (Å²) in [7, 11) is 0. The first-order valence-electron chi connectivity index (χ1n) is 10.7. The summed E-state index contributed by atoms with van der Waals surface area (Å²) >= 11 is 0. The van der Waals surface area contributed by atoms with Crippen LogP contribution in [0.1, 0.15) is 49.0 Å². The summed E-state index contributed by atoms with van der Waals surface area (Å²) in [6.45, 7) is 2.00. The second kappa shape index (κ2) is 7.91. The number of carbonyl (C=O) groups excluding carboxylic acids is 1. The molecule has 3 N–H and O–H groups in total. The molecular formula is C26H27NO7. The summed E-state index contributed by atoms with van der Waals surface area (Å²) in [6.07, 6.45) is 1.42. The van der Waals surface area contributed by atoms with Crippen LogP contribution in [-0.2, 0) is 10.2 Å². The number of aromatic carboxylic acids is 2. The Morgan fingerprint density at radius 1 is 0.882 bits per heavy atom. The number of benzene rings is 3. The van der Waals surface area contributed by atoms with Crippen LogP contribution in [0.2, 0.25) is 0 Å². The summed E-state index contributed by atoms with van der Waals surface area (Å²) in [5.41, 5.74) is 2.41. The molecular weight excluding hydrogens is 438 g/mol. The van der Waals surface area contributed by atoms with Crippen molar-refractivity contribution in [3.8, 4) is 22.6 Å². The SMILES string of the molecule is Cc1ccc(NC(=O)C2(c3ccc4c(c3)OCO4)CC2)cc1-c1cc(C(=O)O)cc(C(=O)O)c1.[HH].[HH].[HH]. The number of amides is 1. The molecule has 8 nitrogen and oxygen atoms in total. The molecule has 3 aromatic carbocycles. The fourth-order valence-corrected chi connectivity index (χ4v) is 4.26. The first-order valence-corrected chi connectivity index (χ1v) is 10.7. The number of aryl methyl sites for hydroxylation is 1. The molecule has 0 aromatic heterocycles. The van der Waals surface area contributed by atoms with E-state index < -0.39 is 17.4 Å². The van der Waals surface area contributed by atoms with Gasteiger partial charge in [0.25, 0.3) is 0 Å². The van der Waals surface area contributed by atoms with Gasteiger partial charge in [-0.15, -0.1) is 0 Å². The molecule has 178 valence electrons. The number of fused-ring (bicyclic) bond motifs is 1. The van der Waals surface area contributed by atoms with E-state index >= 15 is 0 Å². The highest BCUT2D eigenvalue weighted by atomic mass is 16.7. The Labute approximate surface area is 199 Å². The second-order valence-corrected chi connectivity index (χ2v) is 8.54. The van der Waals surface area contributed by atoms with Crippen LogP contribution >= 0.6 is 0 Å². The molecule has 2 aliphatic rings. The Kier molecular flexibility index (Phi) is 5.01. The highest BCUT2D eigenvalue weighted by molar-refractivity contribution is 6.02. The Bertz CT molecular complexity index is 1340. The maximum absolute atomic E-state index is 13.3. The van der Waals surface area contributed by atoms with Crippen molar-refractivity contribution in [2.75, 3.05) is 12.1 Å². The molecule has 3 aromatic rings. The lowest BCUT2D eigenvalue weighted by molar-refractivity contribution is -0.118. The largest absolute Gasteiger partial charge is 0.478 e. The number of hydrogen-bond acceptors (Lipinski definition) is 5. The normalized spacial score (nSPS) is 15.0. The van der Waals surface area contributed by atoms with Gasteiger partial charge in [0, 0.05) is 9.97 Å². The number of ether oxygens (including phenoxy) is 2. The average molecular weight is 466 g/mol. The van der Waals surface area contributed by atoms with Gasteiger partial charge < -0.3 is 25.0 Å². The molecule has 1 amide bonds. The van der Waals surface area contributed by atoms with Crippen LogP contribution in [0.5, 0.6) is 11.5 Å². The maximum atomic E-state index is 13.3. The van der Waals surface area contributed by atoms with Gasteiger partial charge in [0.2, 0.25) is 12.7 Å². The van der Waals surface area contributed by atoms with Crippen molar-refractivity contribution in [3.05, 3.63) is 76.9 Å². The molecule has 5 rings (SSSR count). The number of rotatable bonds is 6. The molecule has 0 bridgehead atoms. The van der Waals surface area contributed by atoms with Crippen LogP contribution in [-0.4, -0.2) is 34.9 Å². The van der Waals surface area contributed by atoms with Crippen molar-refractivity contribution in [3.63, 3.8) is 0 Å². The predicted molar refractivity (Wildman–Crippen MR) is 129 cm³/mol. The predicted octanol–water partition coefficient (Wildman–Crippen LogP) is 5.20. The molecule has 0 saturated heterocycles. The molecule has 1 heterocycles. The van der Waals surface area contributed by atoms with Crippen LogP contribution < -0.4 is 14.8 Å². The fourth-order valence-electron chi connectivity index (χ4n) is 4.26. The van der Waals surface area contributed by atoms with E-state index in [9.17, 15) is 24.6 Å². The molecule has 0 radical (unpaired) electrons. The van der Waals surface area contributed by atoms with E-state index in [2.05, 4.69) is 5.32 Å². The smallest absolute Gasteiger partial charge is 0.335 e. The highest BCUT2D eigenvalue weighted by Crippen LogP contribution is 2.51. The van der Waals surface area contributed by atoms with Gasteiger partial charge in [-0.25, -0.2) is 9.59 Å². The maximum Gasteiger partial charge on any atom is 0.335 e. The summed E-state index contributed by atoms with van der Waals surface area (Å²) in [4.78, 5) is 36.3. The number of carboxylic acid groups (broad SMARTS) is 2. The molecule has 0 unspecified atom stereocenters. The summed E-state index contributed by atoms with van der Waals surface area (Å²) < 4.78 is 10.8. The van der Waals surface area contributed by atoms with Crippen molar-refractivity contribution < 1.29 is 38.4 Å². The lowest BCUT2D eigenvalue weighted by Gasteiger charge is -2.17. The molecule has 1 aliphatic carbocycles. The lowest BCUT2D eigenvalue weighted by atomic mass is 9.93. The molecule has 0 spiro atoms. The van der Waals surface area contributed by atoms with Crippen molar-refractivity contribution in [2.45, 2.75) is 25.2 Å². The Morgan fingerprint density at radius 3 is 2.21 bits per heavy atom. The van der Waals surface area contributed by atoms with Gasteiger partial charge in [-0.3, -0.25) is 4.79 Å². The van der Waals surface area contributed by atoms with E-state index in [4.69, 9.17) is 9.47 Å². The van der Waals surface area contributed by atoms with Crippen LogP contribution in [0.3, 0.4) is 0 Å². The number of nitrogens with one attached hydrogen (secondary N) is 1.